The van der Waals surface area contributed by atoms with Gasteiger partial charge in [0, 0.05) is 17.9 Å². The second-order valence-corrected chi connectivity index (χ2v) is 9.04. The smallest absolute Gasteiger partial charge is 0.410 e. The van der Waals surface area contributed by atoms with E-state index in [1.165, 1.54) is 0 Å². The molecule has 1 aromatic carbocycles. The summed E-state index contributed by atoms with van der Waals surface area (Å²) >= 11 is 0. The van der Waals surface area contributed by atoms with E-state index in [4.69, 9.17) is 9.47 Å². The van der Waals surface area contributed by atoms with Crippen molar-refractivity contribution >= 4 is 6.09 Å². The summed E-state index contributed by atoms with van der Waals surface area (Å²) < 4.78 is 13.3. The molecule has 0 saturated carbocycles. The Morgan fingerprint density at radius 2 is 1.80 bits per heavy atom. The van der Waals surface area contributed by atoms with E-state index in [-0.39, 0.29) is 11.0 Å². The average Bonchev–Trinajstić information content (AvgIpc) is 3.18. The fourth-order valence-electron chi connectivity index (χ4n) is 4.20. The van der Waals surface area contributed by atoms with Crippen LogP contribution >= 0.6 is 0 Å². The number of nitrogens with zero attached hydrogens (tertiary/aromatic N) is 2. The van der Waals surface area contributed by atoms with Crippen LogP contribution in [0.2, 0.25) is 0 Å². The Morgan fingerprint density at radius 3 is 2.43 bits per heavy atom. The van der Waals surface area contributed by atoms with Crippen molar-refractivity contribution in [1.29, 1.82) is 0 Å². The summed E-state index contributed by atoms with van der Waals surface area (Å²) in [7, 11) is 0. The van der Waals surface area contributed by atoms with Gasteiger partial charge in [-0.3, -0.25) is 4.79 Å². The first-order valence-electron chi connectivity index (χ1n) is 10.6. The number of hydrogen-bond donors (Lipinski definition) is 0. The topological polar surface area (TPSA) is 79.5 Å². The van der Waals surface area contributed by atoms with E-state index < -0.39 is 18.0 Å². The van der Waals surface area contributed by atoms with E-state index in [9.17, 15) is 14.4 Å². The van der Waals surface area contributed by atoms with E-state index in [0.717, 1.165) is 34.0 Å². The monoisotopic (exact) mass is 412 g/mol. The van der Waals surface area contributed by atoms with Gasteiger partial charge in [0.2, 0.25) is 0 Å². The van der Waals surface area contributed by atoms with Gasteiger partial charge < -0.3 is 9.47 Å². The van der Waals surface area contributed by atoms with Crippen LogP contribution in [0.3, 0.4) is 0 Å². The lowest BCUT2D eigenvalue weighted by Crippen LogP contribution is -2.48. The maximum Gasteiger partial charge on any atom is 0.427 e. The molecule has 0 spiro atoms. The minimum Gasteiger partial charge on any atom is -0.410 e. The van der Waals surface area contributed by atoms with Crippen LogP contribution in [0, 0.1) is 0 Å². The van der Waals surface area contributed by atoms with E-state index in [1.54, 1.807) is 12.1 Å². The molecule has 0 amide bonds. The maximum atomic E-state index is 13.2. The summed E-state index contributed by atoms with van der Waals surface area (Å²) in [6, 6.07) is 7.27. The number of carbonyl (C=O) groups excluding carboxylic acids is 1. The summed E-state index contributed by atoms with van der Waals surface area (Å²) in [6.07, 6.45) is 2.72. The quantitative estimate of drug-likeness (QED) is 0.754. The highest BCUT2D eigenvalue weighted by molar-refractivity contribution is 5.74. The Labute approximate surface area is 175 Å². The molecule has 4 rings (SSSR count). The molecule has 2 heterocycles. The van der Waals surface area contributed by atoms with Crippen LogP contribution in [0.1, 0.15) is 69.5 Å². The Balaban J connectivity index is 1.71. The molecule has 2 aromatic rings. The highest BCUT2D eigenvalue weighted by Gasteiger charge is 2.30. The molecule has 1 saturated heterocycles. The number of fused-ring (bicyclic) bond motifs is 1. The van der Waals surface area contributed by atoms with Crippen molar-refractivity contribution < 1.29 is 14.3 Å². The number of aromatic nitrogens is 2. The van der Waals surface area contributed by atoms with E-state index in [2.05, 4.69) is 20.8 Å². The van der Waals surface area contributed by atoms with Crippen molar-refractivity contribution in [1.82, 2.24) is 9.13 Å². The van der Waals surface area contributed by atoms with Crippen LogP contribution in [0.5, 0.6) is 5.75 Å². The third kappa shape index (κ3) is 3.74. The van der Waals surface area contributed by atoms with Crippen molar-refractivity contribution in [3.05, 3.63) is 61.9 Å². The zero-order valence-corrected chi connectivity index (χ0v) is 17.8. The minimum absolute atomic E-state index is 0.0181. The molecule has 1 unspecified atom stereocenters. The standard InChI is InChI=1S/C23H28N2O5/c1-23(2,3)15-10-12-16(13-11-15)30-22(28)24-18-8-6-7-17(18)20(26)25(21(24)27)19-9-4-5-14-29-19/h10-13,19H,4-9,14H2,1-3H3. The predicted octanol–water partition coefficient (Wildman–Crippen LogP) is 3.54. The number of ether oxygens (including phenoxy) is 2. The molecule has 1 aromatic heterocycles. The predicted molar refractivity (Wildman–Crippen MR) is 112 cm³/mol. The molecule has 0 N–H and O–H groups in total. The van der Waals surface area contributed by atoms with E-state index >= 15 is 0 Å². The summed E-state index contributed by atoms with van der Waals surface area (Å²) in [5.41, 5.74) is 1.07. The minimum atomic E-state index is -0.786. The Hall–Kier alpha value is -2.67. The van der Waals surface area contributed by atoms with Gasteiger partial charge in [-0.2, -0.15) is 4.57 Å². The lowest BCUT2D eigenvalue weighted by molar-refractivity contribution is -0.0374. The van der Waals surface area contributed by atoms with Gasteiger partial charge in [0.15, 0.2) is 0 Å². The van der Waals surface area contributed by atoms with Crippen molar-refractivity contribution in [3.8, 4) is 5.75 Å². The Bertz CT molecular complexity index is 1070. The third-order valence-electron chi connectivity index (χ3n) is 5.88. The average molecular weight is 412 g/mol. The molecular formula is C23H28N2O5. The van der Waals surface area contributed by atoms with Gasteiger partial charge in [-0.25, -0.2) is 14.2 Å². The van der Waals surface area contributed by atoms with Crippen LogP contribution in [-0.4, -0.2) is 21.8 Å². The molecule has 7 nitrogen and oxygen atoms in total. The van der Waals surface area contributed by atoms with Crippen molar-refractivity contribution in [2.75, 3.05) is 6.61 Å². The van der Waals surface area contributed by atoms with Crippen molar-refractivity contribution in [2.45, 2.75) is 70.9 Å². The summed E-state index contributed by atoms with van der Waals surface area (Å²) in [5.74, 6) is 0.360. The molecule has 1 aliphatic heterocycles. The number of benzene rings is 1. The molecule has 2 aliphatic rings. The zero-order chi connectivity index (χ0) is 21.5. The van der Waals surface area contributed by atoms with Crippen LogP contribution < -0.4 is 16.0 Å². The fraction of sp³-hybridized carbons (Fsp3) is 0.522. The number of hydrogen-bond acceptors (Lipinski definition) is 5. The summed E-state index contributed by atoms with van der Waals surface area (Å²) in [4.78, 5) is 39.2. The number of carbonyl (C=O) groups is 1. The maximum absolute atomic E-state index is 13.2. The van der Waals surface area contributed by atoms with Gasteiger partial charge in [-0.05, 0) is 61.6 Å². The van der Waals surface area contributed by atoms with E-state index in [0.29, 0.717) is 42.9 Å². The van der Waals surface area contributed by atoms with Crippen molar-refractivity contribution in [3.63, 3.8) is 0 Å². The van der Waals surface area contributed by atoms with Crippen molar-refractivity contribution in [2.24, 2.45) is 0 Å². The van der Waals surface area contributed by atoms with Crippen LogP contribution in [0.4, 0.5) is 4.79 Å². The lowest BCUT2D eigenvalue weighted by Gasteiger charge is -2.25. The van der Waals surface area contributed by atoms with Crippen LogP contribution in [-0.2, 0) is 23.0 Å². The molecule has 160 valence electrons. The molecule has 0 radical (unpaired) electrons. The van der Waals surface area contributed by atoms with Crippen LogP contribution in [0.15, 0.2) is 33.9 Å². The highest BCUT2D eigenvalue weighted by atomic mass is 16.6. The Kier molecular flexibility index (Phi) is 5.40. The molecule has 0 bridgehead atoms. The van der Waals surface area contributed by atoms with Gasteiger partial charge >= 0.3 is 11.8 Å². The molecule has 30 heavy (non-hydrogen) atoms. The molecule has 7 heteroatoms. The van der Waals surface area contributed by atoms with Gasteiger partial charge in [0.25, 0.3) is 5.56 Å². The molecule has 1 aliphatic carbocycles. The molecular weight excluding hydrogens is 384 g/mol. The largest absolute Gasteiger partial charge is 0.427 e. The molecule has 1 fully saturated rings. The second-order valence-electron chi connectivity index (χ2n) is 9.04. The zero-order valence-electron chi connectivity index (χ0n) is 17.8. The number of rotatable bonds is 2. The van der Waals surface area contributed by atoms with E-state index in [1.807, 2.05) is 12.1 Å². The fourth-order valence-corrected chi connectivity index (χ4v) is 4.20. The molecule has 1 atom stereocenters. The highest BCUT2D eigenvalue weighted by Crippen LogP contribution is 2.25. The normalized spacial score (nSPS) is 18.8. The first kappa shape index (κ1) is 20.6. The second kappa shape index (κ2) is 7.87. The first-order chi connectivity index (χ1) is 14.3. The summed E-state index contributed by atoms with van der Waals surface area (Å²) in [6.45, 7) is 6.81. The van der Waals surface area contributed by atoms with Crippen LogP contribution in [0.25, 0.3) is 0 Å². The van der Waals surface area contributed by atoms with Gasteiger partial charge in [0.1, 0.15) is 12.0 Å². The van der Waals surface area contributed by atoms with Gasteiger partial charge in [-0.1, -0.05) is 32.9 Å². The summed E-state index contributed by atoms with van der Waals surface area (Å²) in [5, 5.41) is 0. The Morgan fingerprint density at radius 1 is 1.07 bits per heavy atom. The lowest BCUT2D eigenvalue weighted by atomic mass is 9.87. The first-order valence-corrected chi connectivity index (χ1v) is 10.6. The van der Waals surface area contributed by atoms with Gasteiger partial charge in [0.05, 0.1) is 0 Å². The third-order valence-corrected chi connectivity index (χ3v) is 5.88. The SMILES string of the molecule is CC(C)(C)c1ccc(OC(=O)n2c3c(c(=O)n(C4CCCCO4)c2=O)CCC3)cc1. The van der Waals surface area contributed by atoms with Gasteiger partial charge in [-0.15, -0.1) is 0 Å².